The van der Waals surface area contributed by atoms with Crippen LogP contribution in [0.4, 0.5) is 0 Å². The number of carbonyl (C=O) groups excluding carboxylic acids is 1. The number of benzene rings is 1. The van der Waals surface area contributed by atoms with Crippen LogP contribution >= 0.6 is 11.6 Å². The van der Waals surface area contributed by atoms with E-state index in [1.54, 1.807) is 23.8 Å². The molecule has 4 heterocycles. The van der Waals surface area contributed by atoms with Crippen LogP contribution in [0.2, 0.25) is 5.02 Å². The van der Waals surface area contributed by atoms with Crippen molar-refractivity contribution < 1.29 is 4.79 Å². The lowest BCUT2D eigenvalue weighted by molar-refractivity contribution is 0.0958. The second kappa shape index (κ2) is 8.70. The van der Waals surface area contributed by atoms with Gasteiger partial charge in [-0.15, -0.1) is 0 Å². The molecular formula is C25H25ClN6O2. The number of fused-ring (bicyclic) bond motifs is 3. The number of pyridine rings is 1. The zero-order valence-electron chi connectivity index (χ0n) is 19.2. The molecule has 0 fully saturated rings. The number of hydrogen-bond donors (Lipinski definition) is 2. The van der Waals surface area contributed by atoms with Gasteiger partial charge < -0.3 is 10.3 Å². The SMILES string of the molecule is CNC(=O)c1ccc(C2=CCN(C(C)c3ccc4c(c3)[nH]c(=O)c3c(Cl)cnn34)CC2C)cn1. The van der Waals surface area contributed by atoms with Crippen molar-refractivity contribution >= 4 is 39.6 Å². The van der Waals surface area contributed by atoms with Gasteiger partial charge in [0.05, 0.1) is 22.3 Å². The maximum atomic E-state index is 12.5. The number of H-pyrrole nitrogens is 1. The molecule has 8 nitrogen and oxygen atoms in total. The van der Waals surface area contributed by atoms with Crippen LogP contribution in [-0.2, 0) is 0 Å². The van der Waals surface area contributed by atoms with E-state index in [1.165, 1.54) is 11.8 Å². The van der Waals surface area contributed by atoms with E-state index in [1.807, 2.05) is 18.2 Å². The van der Waals surface area contributed by atoms with Crippen LogP contribution in [0, 0.1) is 5.92 Å². The zero-order chi connectivity index (χ0) is 24.0. The number of aromatic nitrogens is 4. The van der Waals surface area contributed by atoms with E-state index in [0.717, 1.165) is 35.2 Å². The molecule has 174 valence electrons. The number of aromatic amines is 1. The molecule has 0 aliphatic carbocycles. The Balaban J connectivity index is 1.39. The molecule has 1 aromatic carbocycles. The Morgan fingerprint density at radius 3 is 2.79 bits per heavy atom. The van der Waals surface area contributed by atoms with Crippen molar-refractivity contribution in [2.24, 2.45) is 5.92 Å². The molecule has 1 amide bonds. The average molecular weight is 477 g/mol. The van der Waals surface area contributed by atoms with Crippen LogP contribution in [0.3, 0.4) is 0 Å². The quantitative estimate of drug-likeness (QED) is 0.468. The van der Waals surface area contributed by atoms with Crippen LogP contribution in [0.25, 0.3) is 22.1 Å². The summed E-state index contributed by atoms with van der Waals surface area (Å²) in [5.41, 5.74) is 5.43. The number of halogens is 1. The highest BCUT2D eigenvalue weighted by atomic mass is 35.5. The fraction of sp³-hybridized carbons (Fsp3) is 0.280. The minimum Gasteiger partial charge on any atom is -0.354 e. The van der Waals surface area contributed by atoms with Crippen molar-refractivity contribution in [1.29, 1.82) is 0 Å². The van der Waals surface area contributed by atoms with Crippen LogP contribution in [-0.4, -0.2) is 50.5 Å². The molecule has 5 rings (SSSR count). The molecule has 2 N–H and O–H groups in total. The van der Waals surface area contributed by atoms with E-state index < -0.39 is 0 Å². The van der Waals surface area contributed by atoms with Crippen LogP contribution in [0.1, 0.15) is 41.5 Å². The third-order valence-electron chi connectivity index (χ3n) is 6.61. The number of nitrogens with one attached hydrogen (secondary N) is 2. The predicted molar refractivity (Wildman–Crippen MR) is 133 cm³/mol. The van der Waals surface area contributed by atoms with Crippen molar-refractivity contribution in [3.63, 3.8) is 0 Å². The van der Waals surface area contributed by atoms with Gasteiger partial charge in [-0.2, -0.15) is 5.10 Å². The van der Waals surface area contributed by atoms with Crippen LogP contribution in [0.15, 0.2) is 53.6 Å². The lowest BCUT2D eigenvalue weighted by Gasteiger charge is -2.35. The van der Waals surface area contributed by atoms with Gasteiger partial charge >= 0.3 is 0 Å². The van der Waals surface area contributed by atoms with E-state index in [0.29, 0.717) is 22.2 Å². The van der Waals surface area contributed by atoms with Crippen molar-refractivity contribution in [2.75, 3.05) is 20.1 Å². The number of amides is 1. The highest BCUT2D eigenvalue weighted by Crippen LogP contribution is 2.32. The molecule has 0 spiro atoms. The summed E-state index contributed by atoms with van der Waals surface area (Å²) in [6.45, 7) is 6.05. The Morgan fingerprint density at radius 2 is 2.09 bits per heavy atom. The van der Waals surface area contributed by atoms with Gasteiger partial charge in [0, 0.05) is 32.4 Å². The molecule has 3 aromatic heterocycles. The highest BCUT2D eigenvalue weighted by Gasteiger charge is 2.25. The molecule has 1 aliphatic rings. The summed E-state index contributed by atoms with van der Waals surface area (Å²) in [5, 5.41) is 7.19. The Bertz CT molecular complexity index is 1490. The monoisotopic (exact) mass is 476 g/mol. The topological polar surface area (TPSA) is 95.4 Å². The van der Waals surface area contributed by atoms with Crippen molar-refractivity contribution in [3.05, 3.63) is 81.0 Å². The molecule has 0 saturated carbocycles. The Kier molecular flexibility index (Phi) is 5.71. The molecule has 0 radical (unpaired) electrons. The fourth-order valence-corrected chi connectivity index (χ4v) is 4.90. The Hall–Kier alpha value is -3.49. The summed E-state index contributed by atoms with van der Waals surface area (Å²) < 4.78 is 1.59. The largest absolute Gasteiger partial charge is 0.354 e. The Labute approximate surface area is 201 Å². The fourth-order valence-electron chi connectivity index (χ4n) is 4.69. The van der Waals surface area contributed by atoms with E-state index in [4.69, 9.17) is 11.6 Å². The standard InChI is InChI=1S/C25H25ClN6O2/c1-14-13-31(9-8-18(14)17-4-6-20(28-11-17)24(33)27-3)15(2)16-5-7-22-21(10-16)30-25(34)23-19(26)12-29-32(22)23/h4-8,10-12,14-15H,9,13H2,1-3H3,(H,27,33)(H,30,34). The summed E-state index contributed by atoms with van der Waals surface area (Å²) >= 11 is 6.12. The van der Waals surface area contributed by atoms with Gasteiger partial charge in [0.25, 0.3) is 11.5 Å². The first-order valence-corrected chi connectivity index (χ1v) is 11.6. The molecule has 2 atom stereocenters. The number of carbonyl (C=O) groups is 1. The molecule has 0 saturated heterocycles. The van der Waals surface area contributed by atoms with Crippen molar-refractivity contribution in [2.45, 2.75) is 19.9 Å². The maximum Gasteiger partial charge on any atom is 0.276 e. The minimum absolute atomic E-state index is 0.152. The molecule has 4 aromatic rings. The summed E-state index contributed by atoms with van der Waals surface area (Å²) in [5.74, 6) is 0.111. The minimum atomic E-state index is -0.255. The summed E-state index contributed by atoms with van der Waals surface area (Å²) in [7, 11) is 1.60. The van der Waals surface area contributed by atoms with Crippen molar-refractivity contribution in [1.82, 2.24) is 29.8 Å². The van der Waals surface area contributed by atoms with Crippen LogP contribution < -0.4 is 10.9 Å². The lowest BCUT2D eigenvalue weighted by Crippen LogP contribution is -2.35. The Morgan fingerprint density at radius 1 is 1.26 bits per heavy atom. The van der Waals surface area contributed by atoms with Crippen molar-refractivity contribution in [3.8, 4) is 0 Å². The normalized spacial score (nSPS) is 17.6. The first-order chi connectivity index (χ1) is 16.4. The molecular weight excluding hydrogens is 452 g/mol. The van der Waals surface area contributed by atoms with Gasteiger partial charge in [-0.3, -0.25) is 19.5 Å². The number of nitrogens with zero attached hydrogens (tertiary/aromatic N) is 4. The smallest absolute Gasteiger partial charge is 0.276 e. The first-order valence-electron chi connectivity index (χ1n) is 11.2. The van der Waals surface area contributed by atoms with Gasteiger partial charge in [0.1, 0.15) is 5.69 Å². The number of hydrogen-bond acceptors (Lipinski definition) is 5. The molecule has 1 aliphatic heterocycles. The average Bonchev–Trinajstić information content (AvgIpc) is 3.25. The van der Waals surface area contributed by atoms with Gasteiger partial charge in [-0.05, 0) is 47.7 Å². The maximum absolute atomic E-state index is 12.5. The molecule has 34 heavy (non-hydrogen) atoms. The third kappa shape index (κ3) is 3.78. The van der Waals surface area contributed by atoms with Crippen LogP contribution in [0.5, 0.6) is 0 Å². The van der Waals surface area contributed by atoms with E-state index >= 15 is 0 Å². The summed E-state index contributed by atoms with van der Waals surface area (Å²) in [4.78, 5) is 33.9. The summed E-state index contributed by atoms with van der Waals surface area (Å²) in [6, 6.07) is 9.94. The van der Waals surface area contributed by atoms with Gasteiger partial charge in [-0.1, -0.05) is 36.7 Å². The third-order valence-corrected chi connectivity index (χ3v) is 6.88. The first kappa shape index (κ1) is 22.3. The molecule has 2 unspecified atom stereocenters. The molecule has 9 heteroatoms. The van der Waals surface area contributed by atoms with E-state index in [9.17, 15) is 9.59 Å². The molecule has 0 bridgehead atoms. The van der Waals surface area contributed by atoms with Gasteiger partial charge in [0.2, 0.25) is 0 Å². The van der Waals surface area contributed by atoms with Gasteiger partial charge in [-0.25, -0.2) is 4.52 Å². The number of rotatable bonds is 4. The lowest BCUT2D eigenvalue weighted by atomic mass is 9.90. The predicted octanol–water partition coefficient (Wildman–Crippen LogP) is 3.68. The van der Waals surface area contributed by atoms with Gasteiger partial charge in [0.15, 0.2) is 5.52 Å². The second-order valence-corrected chi connectivity index (χ2v) is 9.09. The van der Waals surface area contributed by atoms with E-state index in [-0.39, 0.29) is 17.5 Å². The second-order valence-electron chi connectivity index (χ2n) is 8.69. The highest BCUT2D eigenvalue weighted by molar-refractivity contribution is 6.33. The summed E-state index contributed by atoms with van der Waals surface area (Å²) in [6.07, 6.45) is 5.50. The zero-order valence-corrected chi connectivity index (χ0v) is 19.9. The van der Waals surface area contributed by atoms with E-state index in [2.05, 4.69) is 51.3 Å².